The summed E-state index contributed by atoms with van der Waals surface area (Å²) in [5.41, 5.74) is 5.19. The molecule has 1 aromatic heterocycles. The molecule has 1 rings (SSSR count). The maximum atomic E-state index is 13.0. The topological polar surface area (TPSA) is 56.7 Å². The number of rotatable bonds is 3. The van der Waals surface area contributed by atoms with Crippen LogP contribution in [0.4, 0.5) is 4.39 Å². The Morgan fingerprint density at radius 1 is 1.82 bits per heavy atom. The zero-order chi connectivity index (χ0) is 8.27. The van der Waals surface area contributed by atoms with Gasteiger partial charge in [-0.3, -0.25) is 4.68 Å². The Kier molecular flexibility index (Phi) is 2.53. The highest BCUT2D eigenvalue weighted by Crippen LogP contribution is 2.16. The summed E-state index contributed by atoms with van der Waals surface area (Å²) in [6, 6.07) is 0. The number of alkyl halides is 1. The Morgan fingerprint density at radius 3 is 3.00 bits per heavy atom. The molecule has 11 heavy (non-hydrogen) atoms. The lowest BCUT2D eigenvalue weighted by atomic mass is 10.2. The van der Waals surface area contributed by atoms with Crippen molar-refractivity contribution >= 4 is 0 Å². The van der Waals surface area contributed by atoms with Gasteiger partial charge in [0.05, 0.1) is 0 Å². The molecule has 2 N–H and O–H groups in total. The van der Waals surface area contributed by atoms with Crippen molar-refractivity contribution in [2.75, 3.05) is 6.54 Å². The van der Waals surface area contributed by atoms with Gasteiger partial charge in [-0.25, -0.2) is 9.37 Å². The Bertz CT molecular complexity index is 222. The van der Waals surface area contributed by atoms with Gasteiger partial charge in [0.15, 0.2) is 12.0 Å². The maximum absolute atomic E-state index is 13.0. The van der Waals surface area contributed by atoms with Crippen molar-refractivity contribution in [3.63, 3.8) is 0 Å². The van der Waals surface area contributed by atoms with Crippen molar-refractivity contribution in [2.45, 2.75) is 12.6 Å². The molecule has 0 aliphatic carbocycles. The molecule has 62 valence electrons. The van der Waals surface area contributed by atoms with Crippen LogP contribution < -0.4 is 5.73 Å². The van der Waals surface area contributed by atoms with Gasteiger partial charge in [-0.1, -0.05) is 0 Å². The second-order valence-corrected chi connectivity index (χ2v) is 2.29. The van der Waals surface area contributed by atoms with E-state index in [-0.39, 0.29) is 0 Å². The number of nitrogens with two attached hydrogens (primary N) is 1. The van der Waals surface area contributed by atoms with Gasteiger partial charge in [0.25, 0.3) is 0 Å². The number of halogens is 1. The monoisotopic (exact) mass is 158 g/mol. The minimum Gasteiger partial charge on any atom is -0.330 e. The quantitative estimate of drug-likeness (QED) is 0.682. The number of hydrogen-bond donors (Lipinski definition) is 1. The first kappa shape index (κ1) is 8.13. The molecule has 1 aromatic rings. The van der Waals surface area contributed by atoms with E-state index in [0.717, 1.165) is 0 Å². The van der Waals surface area contributed by atoms with Crippen LogP contribution in [0.25, 0.3) is 0 Å². The molecule has 5 heteroatoms. The van der Waals surface area contributed by atoms with Crippen LogP contribution >= 0.6 is 0 Å². The third-order valence-electron chi connectivity index (χ3n) is 1.45. The second-order valence-electron chi connectivity index (χ2n) is 2.29. The van der Waals surface area contributed by atoms with Crippen LogP contribution in [0.3, 0.4) is 0 Å². The normalized spacial score (nSPS) is 13.4. The van der Waals surface area contributed by atoms with E-state index in [1.54, 1.807) is 7.05 Å². The van der Waals surface area contributed by atoms with Crippen LogP contribution in [0.5, 0.6) is 0 Å². The summed E-state index contributed by atoms with van der Waals surface area (Å²) in [6.07, 6.45) is 0.540. The summed E-state index contributed by atoms with van der Waals surface area (Å²) in [5.74, 6) is 0.343. The fraction of sp³-hybridized carbons (Fsp3) is 0.667. The molecule has 0 amide bonds. The molecule has 1 atom stereocenters. The maximum Gasteiger partial charge on any atom is 0.161 e. The smallest absolute Gasteiger partial charge is 0.161 e. The van der Waals surface area contributed by atoms with Gasteiger partial charge < -0.3 is 5.73 Å². The van der Waals surface area contributed by atoms with Crippen molar-refractivity contribution < 1.29 is 4.39 Å². The van der Waals surface area contributed by atoms with Crippen LogP contribution in [-0.2, 0) is 7.05 Å². The Morgan fingerprint density at radius 2 is 2.55 bits per heavy atom. The molecule has 1 unspecified atom stereocenters. The predicted molar refractivity (Wildman–Crippen MR) is 38.5 cm³/mol. The molecule has 0 aliphatic rings. The van der Waals surface area contributed by atoms with Gasteiger partial charge in [0.1, 0.15) is 6.33 Å². The zero-order valence-electron chi connectivity index (χ0n) is 6.37. The van der Waals surface area contributed by atoms with Crippen LogP contribution in [0.1, 0.15) is 18.4 Å². The molecule has 0 aromatic carbocycles. The molecule has 0 spiro atoms. The highest BCUT2D eigenvalue weighted by Gasteiger charge is 2.13. The van der Waals surface area contributed by atoms with Gasteiger partial charge in [-0.2, -0.15) is 5.10 Å². The number of aryl methyl sites for hydroxylation is 1. The zero-order valence-corrected chi connectivity index (χ0v) is 6.37. The molecular weight excluding hydrogens is 147 g/mol. The highest BCUT2D eigenvalue weighted by atomic mass is 19.1. The molecule has 0 saturated carbocycles. The average Bonchev–Trinajstić information content (AvgIpc) is 2.36. The highest BCUT2D eigenvalue weighted by molar-refractivity contribution is 4.89. The third kappa shape index (κ3) is 1.74. The van der Waals surface area contributed by atoms with E-state index in [2.05, 4.69) is 10.1 Å². The lowest BCUT2D eigenvalue weighted by molar-refractivity contribution is 0.302. The van der Waals surface area contributed by atoms with E-state index in [1.165, 1.54) is 11.0 Å². The summed E-state index contributed by atoms with van der Waals surface area (Å²) >= 11 is 0. The minimum atomic E-state index is -1.09. The molecule has 0 radical (unpaired) electrons. The van der Waals surface area contributed by atoms with Crippen LogP contribution in [-0.4, -0.2) is 21.3 Å². The van der Waals surface area contributed by atoms with E-state index < -0.39 is 6.17 Å². The van der Waals surface area contributed by atoms with Crippen molar-refractivity contribution in [2.24, 2.45) is 12.8 Å². The molecule has 0 saturated heterocycles. The fourth-order valence-electron chi connectivity index (χ4n) is 0.864. The first-order valence-corrected chi connectivity index (χ1v) is 3.43. The van der Waals surface area contributed by atoms with Gasteiger partial charge >= 0.3 is 0 Å². The van der Waals surface area contributed by atoms with E-state index in [9.17, 15) is 4.39 Å². The summed E-state index contributed by atoms with van der Waals surface area (Å²) in [6.45, 7) is 0.327. The molecule has 0 fully saturated rings. The van der Waals surface area contributed by atoms with Crippen molar-refractivity contribution in [3.8, 4) is 0 Å². The van der Waals surface area contributed by atoms with E-state index in [1.807, 2.05) is 0 Å². The van der Waals surface area contributed by atoms with Crippen molar-refractivity contribution in [1.82, 2.24) is 14.8 Å². The number of aromatic nitrogens is 3. The van der Waals surface area contributed by atoms with Gasteiger partial charge in [-0.05, 0) is 13.0 Å². The SMILES string of the molecule is Cn1ncnc1C(F)CCN. The predicted octanol–water partition coefficient (Wildman–Crippen LogP) is 0.174. The fourth-order valence-corrected chi connectivity index (χ4v) is 0.864. The number of nitrogens with zero attached hydrogens (tertiary/aromatic N) is 3. The summed E-state index contributed by atoms with van der Waals surface area (Å²) < 4.78 is 14.4. The lowest BCUT2D eigenvalue weighted by Crippen LogP contribution is -2.08. The molecule has 4 nitrogen and oxygen atoms in total. The van der Waals surface area contributed by atoms with E-state index in [0.29, 0.717) is 18.8 Å². The van der Waals surface area contributed by atoms with Crippen molar-refractivity contribution in [1.29, 1.82) is 0 Å². The Labute approximate surface area is 64.2 Å². The standard InChI is InChI=1S/C6H11FN4/c1-11-6(9-4-10-11)5(7)2-3-8/h4-5H,2-3,8H2,1H3. The largest absolute Gasteiger partial charge is 0.330 e. The molecule has 0 bridgehead atoms. The molecular formula is C6H11FN4. The minimum absolute atomic E-state index is 0.298. The van der Waals surface area contributed by atoms with E-state index >= 15 is 0 Å². The summed E-state index contributed by atoms with van der Waals surface area (Å²) in [7, 11) is 1.66. The average molecular weight is 158 g/mol. The van der Waals surface area contributed by atoms with Gasteiger partial charge in [0, 0.05) is 7.05 Å². The summed E-state index contributed by atoms with van der Waals surface area (Å²) in [4.78, 5) is 3.76. The van der Waals surface area contributed by atoms with Crippen LogP contribution in [0, 0.1) is 0 Å². The third-order valence-corrected chi connectivity index (χ3v) is 1.45. The van der Waals surface area contributed by atoms with Crippen LogP contribution in [0.2, 0.25) is 0 Å². The van der Waals surface area contributed by atoms with Gasteiger partial charge in [0.2, 0.25) is 0 Å². The van der Waals surface area contributed by atoms with Gasteiger partial charge in [-0.15, -0.1) is 0 Å². The molecule has 0 aliphatic heterocycles. The Hall–Kier alpha value is -0.970. The molecule has 1 heterocycles. The lowest BCUT2D eigenvalue weighted by Gasteiger charge is -2.03. The first-order valence-electron chi connectivity index (χ1n) is 3.43. The summed E-state index contributed by atoms with van der Waals surface area (Å²) in [5, 5.41) is 3.74. The van der Waals surface area contributed by atoms with E-state index in [4.69, 9.17) is 5.73 Å². The Balaban J connectivity index is 2.67. The second kappa shape index (κ2) is 3.43. The van der Waals surface area contributed by atoms with Crippen molar-refractivity contribution in [3.05, 3.63) is 12.2 Å². The first-order chi connectivity index (χ1) is 5.25. The number of hydrogen-bond acceptors (Lipinski definition) is 3. The van der Waals surface area contributed by atoms with Crippen LogP contribution in [0.15, 0.2) is 6.33 Å².